The van der Waals surface area contributed by atoms with E-state index in [1.165, 1.54) is 32.9 Å². The molecule has 0 bridgehead atoms. The van der Waals surface area contributed by atoms with E-state index in [1.54, 1.807) is 0 Å². The Morgan fingerprint density at radius 1 is 1.25 bits per heavy atom. The second-order valence-electron chi connectivity index (χ2n) is 1.96. The zero-order valence-electron chi connectivity index (χ0n) is 6.80. The first-order valence-electron chi connectivity index (χ1n) is 3.20. The Hall–Kier alpha value is -0.770. The molecule has 0 aliphatic heterocycles. The fourth-order valence-electron chi connectivity index (χ4n) is 0.718. The summed E-state index contributed by atoms with van der Waals surface area (Å²) in [5.74, 6) is 0. The van der Waals surface area contributed by atoms with E-state index in [4.69, 9.17) is 9.05 Å². The van der Waals surface area contributed by atoms with Gasteiger partial charge in [-0.05, 0) is 0 Å². The highest BCUT2D eigenvalue weighted by atomic mass is 31.2. The fraction of sp³-hybridized carbons (Fsp3) is 0.333. The third kappa shape index (κ3) is 1.69. The lowest BCUT2D eigenvalue weighted by molar-refractivity contribution is 0.287. The highest BCUT2D eigenvalue weighted by molar-refractivity contribution is 7.62. The van der Waals surface area contributed by atoms with Crippen LogP contribution < -0.4 is 5.30 Å². The Morgan fingerprint density at radius 3 is 2.17 bits per heavy atom. The van der Waals surface area contributed by atoms with Gasteiger partial charge in [-0.25, -0.2) is 9.97 Å². The molecular weight excluding hydrogens is 179 g/mol. The maximum atomic E-state index is 11.6. The summed E-state index contributed by atoms with van der Waals surface area (Å²) in [5.41, 5.74) is 0. The van der Waals surface area contributed by atoms with E-state index in [0.29, 0.717) is 5.30 Å². The van der Waals surface area contributed by atoms with Gasteiger partial charge in [0.1, 0.15) is 11.6 Å². The molecule has 0 amide bonds. The zero-order chi connectivity index (χ0) is 9.03. The average Bonchev–Trinajstić information content (AvgIpc) is 2.18. The van der Waals surface area contributed by atoms with Crippen molar-refractivity contribution in [3.63, 3.8) is 0 Å². The van der Waals surface area contributed by atoms with Crippen molar-refractivity contribution in [3.8, 4) is 0 Å². The Balaban J connectivity index is 3.04. The molecule has 66 valence electrons. The van der Waals surface area contributed by atoms with Gasteiger partial charge in [0.15, 0.2) is 0 Å². The van der Waals surface area contributed by atoms with Crippen molar-refractivity contribution >= 4 is 12.9 Å². The molecule has 1 aromatic rings. The minimum absolute atomic E-state index is 0.356. The first kappa shape index (κ1) is 9.32. The SMILES string of the molecule is COP(=O)(OC)c1cncnc1. The van der Waals surface area contributed by atoms with E-state index < -0.39 is 7.60 Å². The zero-order valence-corrected chi connectivity index (χ0v) is 7.69. The summed E-state index contributed by atoms with van der Waals surface area (Å²) in [6.45, 7) is 0. The summed E-state index contributed by atoms with van der Waals surface area (Å²) >= 11 is 0. The van der Waals surface area contributed by atoms with Crippen molar-refractivity contribution in [3.05, 3.63) is 18.7 Å². The molecule has 0 fully saturated rings. The lowest BCUT2D eigenvalue weighted by Crippen LogP contribution is -2.08. The summed E-state index contributed by atoms with van der Waals surface area (Å²) in [6, 6.07) is 0. The molecule has 0 saturated carbocycles. The van der Waals surface area contributed by atoms with Crippen LogP contribution in [0.25, 0.3) is 0 Å². The lowest BCUT2D eigenvalue weighted by atomic mass is 10.7. The largest absolute Gasteiger partial charge is 0.363 e. The van der Waals surface area contributed by atoms with Crippen LogP contribution in [0.1, 0.15) is 0 Å². The maximum Gasteiger partial charge on any atom is 0.363 e. The van der Waals surface area contributed by atoms with Crippen LogP contribution >= 0.6 is 7.60 Å². The quantitative estimate of drug-likeness (QED) is 0.649. The summed E-state index contributed by atoms with van der Waals surface area (Å²) in [4.78, 5) is 7.41. The van der Waals surface area contributed by atoms with E-state index in [9.17, 15) is 4.57 Å². The number of hydrogen-bond donors (Lipinski definition) is 0. The van der Waals surface area contributed by atoms with Gasteiger partial charge in [-0.15, -0.1) is 0 Å². The van der Waals surface area contributed by atoms with Gasteiger partial charge in [0.25, 0.3) is 0 Å². The fourth-order valence-corrected chi connectivity index (χ4v) is 1.70. The van der Waals surface area contributed by atoms with E-state index in [1.807, 2.05) is 0 Å². The molecule has 5 nitrogen and oxygen atoms in total. The van der Waals surface area contributed by atoms with Gasteiger partial charge in [-0.2, -0.15) is 0 Å². The molecule has 0 aromatic carbocycles. The van der Waals surface area contributed by atoms with Crippen molar-refractivity contribution in [2.24, 2.45) is 0 Å². The Bertz CT molecular complexity index is 282. The molecule has 1 heterocycles. The average molecular weight is 188 g/mol. The predicted octanol–water partition coefficient (Wildman–Crippen LogP) is 0.588. The first-order chi connectivity index (χ1) is 5.73. The number of nitrogens with zero attached hydrogens (tertiary/aromatic N) is 2. The summed E-state index contributed by atoms with van der Waals surface area (Å²) in [5, 5.41) is 0.356. The summed E-state index contributed by atoms with van der Waals surface area (Å²) < 4.78 is 21.1. The maximum absolute atomic E-state index is 11.6. The van der Waals surface area contributed by atoms with Gasteiger partial charge < -0.3 is 9.05 Å². The number of rotatable bonds is 3. The van der Waals surface area contributed by atoms with Crippen LogP contribution in [0.15, 0.2) is 18.7 Å². The minimum Gasteiger partial charge on any atom is -0.308 e. The van der Waals surface area contributed by atoms with Gasteiger partial charge in [0.2, 0.25) is 0 Å². The van der Waals surface area contributed by atoms with Gasteiger partial charge in [-0.1, -0.05) is 0 Å². The Morgan fingerprint density at radius 2 is 1.75 bits per heavy atom. The molecular formula is C6H9N2O3P. The van der Waals surface area contributed by atoms with Crippen molar-refractivity contribution in [2.45, 2.75) is 0 Å². The molecule has 0 saturated heterocycles. The van der Waals surface area contributed by atoms with Crippen molar-refractivity contribution in [1.29, 1.82) is 0 Å². The molecule has 0 radical (unpaired) electrons. The highest BCUT2D eigenvalue weighted by Crippen LogP contribution is 2.44. The second kappa shape index (κ2) is 3.76. The molecule has 6 heteroatoms. The highest BCUT2D eigenvalue weighted by Gasteiger charge is 2.24. The standard InChI is InChI=1S/C6H9N2O3P/c1-10-12(9,11-2)6-3-7-5-8-4-6/h3-5H,1-2H3. The van der Waals surface area contributed by atoms with Crippen LogP contribution in [-0.2, 0) is 13.6 Å². The van der Waals surface area contributed by atoms with Gasteiger partial charge in [0, 0.05) is 26.6 Å². The Kier molecular flexibility index (Phi) is 2.92. The Labute approximate surface area is 70.3 Å². The first-order valence-corrected chi connectivity index (χ1v) is 4.74. The van der Waals surface area contributed by atoms with Crippen molar-refractivity contribution in [1.82, 2.24) is 9.97 Å². The van der Waals surface area contributed by atoms with Crippen LogP contribution in [-0.4, -0.2) is 24.2 Å². The normalized spacial score (nSPS) is 11.5. The monoisotopic (exact) mass is 188 g/mol. The molecule has 1 rings (SSSR count). The third-order valence-corrected chi connectivity index (χ3v) is 3.17. The molecule has 12 heavy (non-hydrogen) atoms. The topological polar surface area (TPSA) is 61.3 Å². The van der Waals surface area contributed by atoms with Crippen LogP contribution in [0.3, 0.4) is 0 Å². The van der Waals surface area contributed by atoms with Crippen LogP contribution in [0, 0.1) is 0 Å². The van der Waals surface area contributed by atoms with Gasteiger partial charge >= 0.3 is 7.60 Å². The van der Waals surface area contributed by atoms with Gasteiger partial charge in [-0.3, -0.25) is 4.57 Å². The summed E-state index contributed by atoms with van der Waals surface area (Å²) in [6.07, 6.45) is 4.15. The van der Waals surface area contributed by atoms with Crippen LogP contribution in [0.4, 0.5) is 0 Å². The molecule has 0 atom stereocenters. The van der Waals surface area contributed by atoms with E-state index >= 15 is 0 Å². The third-order valence-electron chi connectivity index (χ3n) is 1.34. The number of aromatic nitrogens is 2. The van der Waals surface area contributed by atoms with Crippen molar-refractivity contribution < 1.29 is 13.6 Å². The van der Waals surface area contributed by atoms with E-state index in [2.05, 4.69) is 9.97 Å². The molecule has 0 spiro atoms. The number of hydrogen-bond acceptors (Lipinski definition) is 5. The van der Waals surface area contributed by atoms with E-state index in [-0.39, 0.29) is 0 Å². The second-order valence-corrected chi connectivity index (χ2v) is 4.20. The van der Waals surface area contributed by atoms with Crippen molar-refractivity contribution in [2.75, 3.05) is 14.2 Å². The van der Waals surface area contributed by atoms with Crippen LogP contribution in [0.5, 0.6) is 0 Å². The molecule has 0 N–H and O–H groups in total. The molecule has 0 aliphatic carbocycles. The predicted molar refractivity (Wildman–Crippen MR) is 43.3 cm³/mol. The summed E-state index contributed by atoms with van der Waals surface area (Å²) in [7, 11) is -0.525. The minimum atomic E-state index is -3.16. The molecule has 0 aliphatic rings. The molecule has 0 unspecified atom stereocenters. The lowest BCUT2D eigenvalue weighted by Gasteiger charge is -2.11. The van der Waals surface area contributed by atoms with Gasteiger partial charge in [0.05, 0.1) is 0 Å². The smallest absolute Gasteiger partial charge is 0.308 e. The van der Waals surface area contributed by atoms with E-state index in [0.717, 1.165) is 0 Å². The molecule has 1 aromatic heterocycles. The van der Waals surface area contributed by atoms with Crippen LogP contribution in [0.2, 0.25) is 0 Å².